The third-order valence-corrected chi connectivity index (χ3v) is 3.64. The zero-order valence-electron chi connectivity index (χ0n) is 14.1. The summed E-state index contributed by atoms with van der Waals surface area (Å²) in [5, 5.41) is 7.22. The lowest BCUT2D eigenvalue weighted by Crippen LogP contribution is -2.42. The Labute approximate surface area is 145 Å². The molecule has 24 heavy (non-hydrogen) atoms. The van der Waals surface area contributed by atoms with Gasteiger partial charge >= 0.3 is 0 Å². The lowest BCUT2D eigenvalue weighted by molar-refractivity contribution is -0.127. The lowest BCUT2D eigenvalue weighted by Gasteiger charge is -2.07. The summed E-state index contributed by atoms with van der Waals surface area (Å²) in [5.74, 6) is -1.08. The quantitative estimate of drug-likeness (QED) is 0.414. The molecule has 3 amide bonds. The van der Waals surface area contributed by atoms with Crippen LogP contribution in [0.3, 0.4) is 0 Å². The molecule has 0 aromatic heterocycles. The van der Waals surface area contributed by atoms with Gasteiger partial charge in [-0.05, 0) is 19.8 Å². The number of hydrogen-bond acceptors (Lipinski definition) is 6. The van der Waals surface area contributed by atoms with Crippen molar-refractivity contribution in [3.8, 4) is 0 Å². The number of Topliss-reactive ketones (excluding diaryl/α,β-unsaturated/α-hetero) is 1. The van der Waals surface area contributed by atoms with Crippen molar-refractivity contribution in [1.82, 2.24) is 16.0 Å². The first-order chi connectivity index (χ1) is 11.3. The van der Waals surface area contributed by atoms with E-state index in [4.69, 9.17) is 0 Å². The van der Waals surface area contributed by atoms with E-state index in [0.29, 0.717) is 13.0 Å². The van der Waals surface area contributed by atoms with Gasteiger partial charge in [0.1, 0.15) is 5.78 Å². The molecule has 0 atom stereocenters. The summed E-state index contributed by atoms with van der Waals surface area (Å²) in [6.45, 7) is 2.99. The van der Waals surface area contributed by atoms with Gasteiger partial charge in [-0.1, -0.05) is 18.2 Å². The minimum absolute atomic E-state index is 0.0350. The second-order valence-electron chi connectivity index (χ2n) is 5.20. The van der Waals surface area contributed by atoms with E-state index < -0.39 is 11.8 Å². The summed E-state index contributed by atoms with van der Waals surface area (Å²) in [6, 6.07) is 0. The Morgan fingerprint density at radius 1 is 0.750 bits per heavy atom. The molecule has 0 aliphatic carbocycles. The van der Waals surface area contributed by atoms with Crippen LogP contribution in [-0.4, -0.2) is 54.0 Å². The first kappa shape index (κ1) is 22.1. The average molecular weight is 359 g/mol. The number of thioether (sulfide) groups is 1. The first-order valence-corrected chi connectivity index (χ1v) is 8.72. The van der Waals surface area contributed by atoms with Gasteiger partial charge in [-0.25, -0.2) is 0 Å². The standard InChI is InChI=1S/C15H25N3O5S/c1-11(19)6-4-3-5-7-16-13(21)8-17-14(22)9-18-15(23)10-24-12(2)20/h3-10H2,1-2H3,(H,16,21)(H,17,22)(H,18,23). The average Bonchev–Trinajstić information content (AvgIpc) is 2.51. The summed E-state index contributed by atoms with van der Waals surface area (Å²) in [6.07, 6.45) is 3.00. The van der Waals surface area contributed by atoms with E-state index in [-0.39, 0.29) is 35.6 Å². The zero-order chi connectivity index (χ0) is 18.4. The fourth-order valence-electron chi connectivity index (χ4n) is 1.60. The third-order valence-electron chi connectivity index (χ3n) is 2.83. The second-order valence-corrected chi connectivity index (χ2v) is 6.35. The second kappa shape index (κ2) is 13.5. The SMILES string of the molecule is CC(=O)CCCCCNC(=O)CNC(=O)CNC(=O)CSC(C)=O. The molecular weight excluding hydrogens is 334 g/mol. The molecule has 0 heterocycles. The molecule has 3 N–H and O–H groups in total. The van der Waals surface area contributed by atoms with Gasteiger partial charge in [-0.15, -0.1) is 0 Å². The summed E-state index contributed by atoms with van der Waals surface area (Å²) >= 11 is 0.860. The first-order valence-electron chi connectivity index (χ1n) is 7.74. The minimum atomic E-state index is -0.479. The van der Waals surface area contributed by atoms with Gasteiger partial charge in [0.2, 0.25) is 17.7 Å². The molecule has 0 bridgehead atoms. The van der Waals surface area contributed by atoms with E-state index in [1.165, 1.54) is 6.92 Å². The van der Waals surface area contributed by atoms with Crippen molar-refractivity contribution in [2.75, 3.05) is 25.4 Å². The van der Waals surface area contributed by atoms with Crippen molar-refractivity contribution in [2.45, 2.75) is 39.5 Å². The molecule has 0 aromatic rings. The van der Waals surface area contributed by atoms with E-state index in [2.05, 4.69) is 16.0 Å². The molecule has 0 aromatic carbocycles. The van der Waals surface area contributed by atoms with Crippen molar-refractivity contribution in [1.29, 1.82) is 0 Å². The number of nitrogens with one attached hydrogen (secondary N) is 3. The van der Waals surface area contributed by atoms with Crippen LogP contribution in [-0.2, 0) is 24.0 Å². The van der Waals surface area contributed by atoms with Gasteiger partial charge in [-0.3, -0.25) is 19.2 Å². The van der Waals surface area contributed by atoms with Gasteiger partial charge in [0, 0.05) is 19.9 Å². The van der Waals surface area contributed by atoms with Crippen LogP contribution in [0.1, 0.15) is 39.5 Å². The molecule has 136 valence electrons. The van der Waals surface area contributed by atoms with Crippen molar-refractivity contribution < 1.29 is 24.0 Å². The fourth-order valence-corrected chi connectivity index (χ4v) is 2.04. The maximum absolute atomic E-state index is 11.5. The Hall–Kier alpha value is -1.90. The van der Waals surface area contributed by atoms with Gasteiger partial charge in [-0.2, -0.15) is 0 Å². The third kappa shape index (κ3) is 15.0. The monoisotopic (exact) mass is 359 g/mol. The normalized spacial score (nSPS) is 9.92. The van der Waals surface area contributed by atoms with Crippen molar-refractivity contribution in [2.24, 2.45) is 0 Å². The maximum Gasteiger partial charge on any atom is 0.239 e. The topological polar surface area (TPSA) is 121 Å². The Morgan fingerprint density at radius 2 is 1.33 bits per heavy atom. The predicted octanol–water partition coefficient (Wildman–Crippen LogP) is -0.236. The summed E-state index contributed by atoms with van der Waals surface area (Å²) in [5.41, 5.74) is 0. The van der Waals surface area contributed by atoms with E-state index in [1.54, 1.807) is 6.92 Å². The van der Waals surface area contributed by atoms with Crippen LogP contribution in [0.5, 0.6) is 0 Å². The molecule has 0 aliphatic heterocycles. The molecule has 0 spiro atoms. The van der Waals surface area contributed by atoms with Crippen LogP contribution < -0.4 is 16.0 Å². The van der Waals surface area contributed by atoms with Crippen LogP contribution in [0.25, 0.3) is 0 Å². The number of ketones is 1. The molecule has 0 radical (unpaired) electrons. The highest BCUT2D eigenvalue weighted by Crippen LogP contribution is 1.99. The molecule has 0 unspecified atom stereocenters. The highest BCUT2D eigenvalue weighted by molar-refractivity contribution is 8.14. The number of hydrogen-bond donors (Lipinski definition) is 3. The van der Waals surface area contributed by atoms with Crippen molar-refractivity contribution in [3.05, 3.63) is 0 Å². The zero-order valence-corrected chi connectivity index (χ0v) is 14.9. The van der Waals surface area contributed by atoms with Gasteiger partial charge in [0.15, 0.2) is 5.12 Å². The highest BCUT2D eigenvalue weighted by atomic mass is 32.2. The van der Waals surface area contributed by atoms with Crippen molar-refractivity contribution >= 4 is 40.4 Å². The fraction of sp³-hybridized carbons (Fsp3) is 0.667. The predicted molar refractivity (Wildman–Crippen MR) is 91.3 cm³/mol. The Balaban J connectivity index is 3.61. The number of amides is 3. The van der Waals surface area contributed by atoms with E-state index in [0.717, 1.165) is 31.0 Å². The molecule has 0 saturated carbocycles. The van der Waals surface area contributed by atoms with E-state index in [1.807, 2.05) is 0 Å². The van der Waals surface area contributed by atoms with Gasteiger partial charge < -0.3 is 20.7 Å². The van der Waals surface area contributed by atoms with E-state index >= 15 is 0 Å². The lowest BCUT2D eigenvalue weighted by atomic mass is 10.1. The summed E-state index contributed by atoms with van der Waals surface area (Å²) in [7, 11) is 0. The van der Waals surface area contributed by atoms with E-state index in [9.17, 15) is 24.0 Å². The Morgan fingerprint density at radius 3 is 1.92 bits per heavy atom. The molecule has 0 saturated heterocycles. The van der Waals surface area contributed by atoms with Crippen LogP contribution in [0, 0.1) is 0 Å². The molecule has 8 nitrogen and oxygen atoms in total. The van der Waals surface area contributed by atoms with Crippen LogP contribution in [0.15, 0.2) is 0 Å². The Bertz CT molecular complexity index is 468. The molecular formula is C15H25N3O5S. The van der Waals surface area contributed by atoms with Gasteiger partial charge in [0.05, 0.1) is 18.8 Å². The smallest absolute Gasteiger partial charge is 0.239 e. The van der Waals surface area contributed by atoms with Gasteiger partial charge in [0.25, 0.3) is 0 Å². The van der Waals surface area contributed by atoms with Crippen molar-refractivity contribution in [3.63, 3.8) is 0 Å². The largest absolute Gasteiger partial charge is 0.355 e. The number of carbonyl (C=O) groups excluding carboxylic acids is 5. The van der Waals surface area contributed by atoms with Crippen LogP contribution in [0.4, 0.5) is 0 Å². The number of rotatable bonds is 12. The summed E-state index contributed by atoms with van der Waals surface area (Å²) < 4.78 is 0. The molecule has 0 aliphatic rings. The Kier molecular flexibility index (Phi) is 12.5. The summed E-state index contributed by atoms with van der Waals surface area (Å²) in [4.78, 5) is 55.7. The van der Waals surface area contributed by atoms with Crippen LogP contribution in [0.2, 0.25) is 0 Å². The molecule has 0 rings (SSSR count). The number of unbranched alkanes of at least 4 members (excludes halogenated alkanes) is 2. The maximum atomic E-state index is 11.5. The highest BCUT2D eigenvalue weighted by Gasteiger charge is 2.08. The molecule has 9 heteroatoms. The number of carbonyl (C=O) groups is 5. The minimum Gasteiger partial charge on any atom is -0.355 e. The van der Waals surface area contributed by atoms with Crippen LogP contribution >= 0.6 is 11.8 Å². The molecule has 0 fully saturated rings.